The molecule has 20 heavy (non-hydrogen) atoms. The van der Waals surface area contributed by atoms with E-state index in [1.165, 1.54) is 0 Å². The molecule has 8 heteroatoms. The van der Waals surface area contributed by atoms with Crippen molar-refractivity contribution in [2.24, 2.45) is 0 Å². The van der Waals surface area contributed by atoms with Crippen LogP contribution >= 0.6 is 0 Å². The molecular formula is C12H22N4O4. The Bertz CT molecular complexity index is 411. The first-order valence-electron chi connectivity index (χ1n) is 6.57. The summed E-state index contributed by atoms with van der Waals surface area (Å²) in [6, 6.07) is 0.796. The minimum absolute atomic E-state index is 0.0722. The number of aromatic nitrogens is 2. The minimum Gasteiger partial charge on any atom is -0.390 e. The molecule has 0 saturated carbocycles. The summed E-state index contributed by atoms with van der Waals surface area (Å²) in [6.45, 7) is 9.04. The molecule has 0 spiro atoms. The monoisotopic (exact) mass is 286 g/mol. The number of aliphatic hydroxyl groups is 1. The number of carbonyl (C=O) groups is 1. The van der Waals surface area contributed by atoms with E-state index in [1.54, 1.807) is 0 Å². The molecule has 1 heterocycles. The molecule has 8 nitrogen and oxygen atoms in total. The van der Waals surface area contributed by atoms with Crippen LogP contribution in [-0.4, -0.2) is 51.5 Å². The van der Waals surface area contributed by atoms with Crippen molar-refractivity contribution in [1.29, 1.82) is 0 Å². The molecule has 1 rings (SSSR count). The van der Waals surface area contributed by atoms with Gasteiger partial charge in [-0.2, -0.15) is 0 Å². The zero-order chi connectivity index (χ0) is 15.1. The fourth-order valence-electron chi connectivity index (χ4n) is 1.91. The molecular weight excluding hydrogens is 264 g/mol. The number of rotatable bonds is 8. The van der Waals surface area contributed by atoms with E-state index in [-0.39, 0.29) is 11.4 Å². The van der Waals surface area contributed by atoms with E-state index in [0.717, 1.165) is 0 Å². The van der Waals surface area contributed by atoms with Crippen molar-refractivity contribution in [3.05, 3.63) is 11.4 Å². The standard InChI is InChI=1S/C12H22N4O4/c1-8(2)16(9(3)4)5-6-19-15-12(18)11-10(7-17)13-20-14-11/h8-9,17H,5-7H2,1-4H3,(H,15,18). The van der Waals surface area contributed by atoms with Gasteiger partial charge in [-0.1, -0.05) is 5.16 Å². The third-order valence-corrected chi connectivity index (χ3v) is 2.86. The summed E-state index contributed by atoms with van der Waals surface area (Å²) in [5.41, 5.74) is 2.26. The summed E-state index contributed by atoms with van der Waals surface area (Å²) < 4.78 is 4.38. The van der Waals surface area contributed by atoms with Crippen LogP contribution in [0.3, 0.4) is 0 Å². The normalized spacial score (nSPS) is 11.6. The molecule has 0 unspecified atom stereocenters. The lowest BCUT2D eigenvalue weighted by atomic mass is 10.2. The van der Waals surface area contributed by atoms with Crippen LogP contribution in [0, 0.1) is 0 Å². The number of aliphatic hydroxyl groups excluding tert-OH is 1. The Morgan fingerprint density at radius 1 is 1.35 bits per heavy atom. The van der Waals surface area contributed by atoms with E-state index in [0.29, 0.717) is 25.2 Å². The van der Waals surface area contributed by atoms with E-state index < -0.39 is 12.5 Å². The van der Waals surface area contributed by atoms with Gasteiger partial charge in [0.15, 0.2) is 5.69 Å². The predicted molar refractivity (Wildman–Crippen MR) is 70.6 cm³/mol. The molecule has 0 aromatic carbocycles. The quantitative estimate of drug-likeness (QED) is 0.525. The molecule has 0 aliphatic heterocycles. The van der Waals surface area contributed by atoms with Crippen molar-refractivity contribution < 1.29 is 19.4 Å². The number of hydrogen-bond acceptors (Lipinski definition) is 7. The van der Waals surface area contributed by atoms with Crippen LogP contribution in [0.4, 0.5) is 0 Å². The topological polar surface area (TPSA) is 101 Å². The molecule has 2 N–H and O–H groups in total. The number of carbonyl (C=O) groups excluding carboxylic acids is 1. The van der Waals surface area contributed by atoms with Crippen molar-refractivity contribution >= 4 is 5.91 Å². The number of hydroxylamine groups is 1. The lowest BCUT2D eigenvalue weighted by molar-refractivity contribution is 0.0143. The van der Waals surface area contributed by atoms with Gasteiger partial charge in [-0.25, -0.2) is 10.1 Å². The summed E-state index contributed by atoms with van der Waals surface area (Å²) in [5.74, 6) is -0.587. The van der Waals surface area contributed by atoms with Crippen LogP contribution < -0.4 is 5.48 Å². The first kappa shape index (κ1) is 16.5. The van der Waals surface area contributed by atoms with Gasteiger partial charge in [0.2, 0.25) is 0 Å². The average molecular weight is 286 g/mol. The number of amides is 1. The smallest absolute Gasteiger partial charge is 0.299 e. The molecule has 1 amide bonds. The van der Waals surface area contributed by atoms with Crippen LogP contribution in [0.15, 0.2) is 4.63 Å². The Morgan fingerprint density at radius 2 is 2.00 bits per heavy atom. The molecule has 0 aliphatic rings. The van der Waals surface area contributed by atoms with Crippen LogP contribution in [0.25, 0.3) is 0 Å². The fourth-order valence-corrected chi connectivity index (χ4v) is 1.91. The van der Waals surface area contributed by atoms with E-state index in [9.17, 15) is 4.79 Å². The molecule has 0 bridgehead atoms. The number of hydrogen-bond donors (Lipinski definition) is 2. The van der Waals surface area contributed by atoms with Crippen LogP contribution in [0.1, 0.15) is 43.9 Å². The molecule has 114 valence electrons. The molecule has 1 aromatic heterocycles. The second-order valence-corrected chi connectivity index (χ2v) is 4.92. The first-order valence-corrected chi connectivity index (χ1v) is 6.57. The van der Waals surface area contributed by atoms with Gasteiger partial charge >= 0.3 is 0 Å². The Balaban J connectivity index is 2.36. The van der Waals surface area contributed by atoms with Crippen molar-refractivity contribution in [3.8, 4) is 0 Å². The highest BCUT2D eigenvalue weighted by atomic mass is 16.7. The summed E-state index contributed by atoms with van der Waals surface area (Å²) in [5, 5.41) is 15.7. The van der Waals surface area contributed by atoms with Crippen LogP contribution in [0.2, 0.25) is 0 Å². The highest BCUT2D eigenvalue weighted by molar-refractivity contribution is 5.92. The molecule has 0 atom stereocenters. The first-order chi connectivity index (χ1) is 9.47. The lowest BCUT2D eigenvalue weighted by Crippen LogP contribution is -2.40. The van der Waals surface area contributed by atoms with Crippen molar-refractivity contribution in [2.75, 3.05) is 13.2 Å². The fraction of sp³-hybridized carbons (Fsp3) is 0.750. The Labute approximate surface area is 118 Å². The molecule has 0 radical (unpaired) electrons. The Kier molecular flexibility index (Phi) is 6.56. The van der Waals surface area contributed by atoms with Gasteiger partial charge in [-0.15, -0.1) is 0 Å². The summed E-state index contributed by atoms with van der Waals surface area (Å²) in [7, 11) is 0. The summed E-state index contributed by atoms with van der Waals surface area (Å²) in [4.78, 5) is 19.0. The van der Waals surface area contributed by atoms with Gasteiger partial charge in [0.1, 0.15) is 5.69 Å². The van der Waals surface area contributed by atoms with Gasteiger partial charge in [0.05, 0.1) is 13.2 Å². The SMILES string of the molecule is CC(C)N(CCONC(=O)c1nonc1CO)C(C)C. The highest BCUT2D eigenvalue weighted by Crippen LogP contribution is 2.04. The van der Waals surface area contributed by atoms with Crippen molar-refractivity contribution in [3.63, 3.8) is 0 Å². The Morgan fingerprint density at radius 3 is 2.55 bits per heavy atom. The van der Waals surface area contributed by atoms with E-state index in [4.69, 9.17) is 9.94 Å². The molecule has 0 fully saturated rings. The maximum atomic E-state index is 11.7. The molecule has 1 aromatic rings. The Hall–Kier alpha value is -1.51. The van der Waals surface area contributed by atoms with Gasteiger partial charge < -0.3 is 5.11 Å². The lowest BCUT2D eigenvalue weighted by Gasteiger charge is -2.30. The van der Waals surface area contributed by atoms with Gasteiger partial charge in [-0.05, 0) is 32.9 Å². The maximum Gasteiger partial charge on any atom is 0.299 e. The number of nitrogens with zero attached hydrogens (tertiary/aromatic N) is 3. The zero-order valence-corrected chi connectivity index (χ0v) is 12.3. The van der Waals surface area contributed by atoms with Crippen LogP contribution in [-0.2, 0) is 11.4 Å². The largest absolute Gasteiger partial charge is 0.390 e. The van der Waals surface area contributed by atoms with Crippen LogP contribution in [0.5, 0.6) is 0 Å². The molecule has 0 saturated heterocycles. The molecule has 0 aliphatic carbocycles. The van der Waals surface area contributed by atoms with E-state index >= 15 is 0 Å². The highest BCUT2D eigenvalue weighted by Gasteiger charge is 2.18. The average Bonchev–Trinajstić information content (AvgIpc) is 2.85. The predicted octanol–water partition coefficient (Wildman–Crippen LogP) is 0.342. The second-order valence-electron chi connectivity index (χ2n) is 4.92. The zero-order valence-electron chi connectivity index (χ0n) is 12.3. The van der Waals surface area contributed by atoms with Gasteiger partial charge in [-0.3, -0.25) is 14.5 Å². The van der Waals surface area contributed by atoms with Crippen molar-refractivity contribution in [2.45, 2.75) is 46.4 Å². The number of nitrogens with one attached hydrogen (secondary N) is 1. The van der Waals surface area contributed by atoms with Gasteiger partial charge in [0.25, 0.3) is 5.91 Å². The summed E-state index contributed by atoms with van der Waals surface area (Å²) >= 11 is 0. The minimum atomic E-state index is -0.587. The van der Waals surface area contributed by atoms with Gasteiger partial charge in [0, 0.05) is 18.6 Å². The van der Waals surface area contributed by atoms with Crippen molar-refractivity contribution in [1.82, 2.24) is 20.7 Å². The third-order valence-electron chi connectivity index (χ3n) is 2.86. The third kappa shape index (κ3) is 4.55. The second kappa shape index (κ2) is 7.93. The van der Waals surface area contributed by atoms with E-state index in [2.05, 4.69) is 53.0 Å². The maximum absolute atomic E-state index is 11.7. The van der Waals surface area contributed by atoms with E-state index in [1.807, 2.05) is 0 Å². The summed E-state index contributed by atoms with van der Waals surface area (Å²) in [6.07, 6.45) is 0.